The minimum absolute atomic E-state index is 0.225. The summed E-state index contributed by atoms with van der Waals surface area (Å²) >= 11 is 12.0. The zero-order valence-electron chi connectivity index (χ0n) is 12.1. The molecule has 0 atom stereocenters. The van der Waals surface area contributed by atoms with Gasteiger partial charge in [-0.25, -0.2) is 0 Å². The molecular weight excluding hydrogens is 323 g/mol. The number of anilines is 1. The van der Waals surface area contributed by atoms with Gasteiger partial charge in [-0.1, -0.05) is 23.2 Å². The molecule has 2 N–H and O–H groups in total. The van der Waals surface area contributed by atoms with Crippen molar-refractivity contribution in [1.82, 2.24) is 0 Å². The van der Waals surface area contributed by atoms with Crippen LogP contribution in [0.1, 0.15) is 10.4 Å². The van der Waals surface area contributed by atoms with E-state index in [1.54, 1.807) is 54.5 Å². The molecule has 116 valence electrons. The molecule has 0 unspecified atom stereocenters. The van der Waals surface area contributed by atoms with Crippen LogP contribution in [0.25, 0.3) is 0 Å². The van der Waals surface area contributed by atoms with E-state index in [1.807, 2.05) is 0 Å². The van der Waals surface area contributed by atoms with Crippen molar-refractivity contribution in [2.45, 2.75) is 0 Å². The molecular formula is C16H16Cl2N2O2. The predicted octanol–water partition coefficient (Wildman–Crippen LogP) is 3.61. The number of nitrogens with two attached hydrogens (primary N) is 1. The molecule has 0 aliphatic carbocycles. The molecule has 0 saturated carbocycles. The Kier molecular flexibility index (Phi) is 5.66. The molecule has 0 heterocycles. The van der Waals surface area contributed by atoms with Crippen LogP contribution < -0.4 is 15.4 Å². The van der Waals surface area contributed by atoms with Crippen LogP contribution in [0.4, 0.5) is 5.69 Å². The molecule has 0 aliphatic heterocycles. The third kappa shape index (κ3) is 3.71. The van der Waals surface area contributed by atoms with Crippen LogP contribution in [0.2, 0.25) is 10.0 Å². The second-order valence-electron chi connectivity index (χ2n) is 4.57. The van der Waals surface area contributed by atoms with E-state index in [4.69, 9.17) is 33.7 Å². The molecule has 22 heavy (non-hydrogen) atoms. The highest BCUT2D eigenvalue weighted by molar-refractivity contribution is 6.37. The molecule has 0 bridgehead atoms. The highest BCUT2D eigenvalue weighted by atomic mass is 35.5. The Balaban J connectivity index is 2.35. The number of hydrogen-bond acceptors (Lipinski definition) is 3. The summed E-state index contributed by atoms with van der Waals surface area (Å²) in [5, 5.41) is 0.796. The van der Waals surface area contributed by atoms with Gasteiger partial charge in [0.25, 0.3) is 5.91 Å². The highest BCUT2D eigenvalue weighted by Crippen LogP contribution is 2.25. The van der Waals surface area contributed by atoms with Crippen molar-refractivity contribution in [2.24, 2.45) is 5.73 Å². The van der Waals surface area contributed by atoms with Crippen molar-refractivity contribution in [3.05, 3.63) is 58.1 Å². The quantitative estimate of drug-likeness (QED) is 0.905. The normalized spacial score (nSPS) is 10.4. The van der Waals surface area contributed by atoms with E-state index in [9.17, 15) is 4.79 Å². The number of benzene rings is 2. The van der Waals surface area contributed by atoms with E-state index >= 15 is 0 Å². The van der Waals surface area contributed by atoms with E-state index in [-0.39, 0.29) is 5.91 Å². The molecule has 4 nitrogen and oxygen atoms in total. The number of nitrogens with zero attached hydrogens (tertiary/aromatic N) is 1. The van der Waals surface area contributed by atoms with Gasteiger partial charge in [-0.05, 0) is 42.5 Å². The second-order valence-corrected chi connectivity index (χ2v) is 5.41. The van der Waals surface area contributed by atoms with Crippen LogP contribution in [0.3, 0.4) is 0 Å². The Morgan fingerprint density at radius 3 is 2.41 bits per heavy atom. The van der Waals surface area contributed by atoms with Crippen LogP contribution in [0.5, 0.6) is 5.75 Å². The number of hydrogen-bond donors (Lipinski definition) is 1. The van der Waals surface area contributed by atoms with Gasteiger partial charge in [0.05, 0.1) is 17.7 Å². The molecule has 2 aromatic rings. The lowest BCUT2D eigenvalue weighted by Crippen LogP contribution is -2.35. The van der Waals surface area contributed by atoms with Gasteiger partial charge in [-0.2, -0.15) is 0 Å². The Hall–Kier alpha value is -1.75. The van der Waals surface area contributed by atoms with Crippen LogP contribution in [-0.2, 0) is 0 Å². The Morgan fingerprint density at radius 2 is 1.86 bits per heavy atom. The maximum absolute atomic E-state index is 12.7. The van der Waals surface area contributed by atoms with Crippen molar-refractivity contribution in [1.29, 1.82) is 0 Å². The number of methoxy groups -OCH3 is 1. The maximum Gasteiger partial charge on any atom is 0.259 e. The van der Waals surface area contributed by atoms with Gasteiger partial charge in [-0.3, -0.25) is 4.79 Å². The summed E-state index contributed by atoms with van der Waals surface area (Å²) in [6.45, 7) is 0.715. The Bertz CT molecular complexity index is 660. The topological polar surface area (TPSA) is 55.6 Å². The summed E-state index contributed by atoms with van der Waals surface area (Å²) in [7, 11) is 1.59. The average molecular weight is 339 g/mol. The van der Waals surface area contributed by atoms with Crippen LogP contribution in [0.15, 0.2) is 42.5 Å². The van der Waals surface area contributed by atoms with Gasteiger partial charge >= 0.3 is 0 Å². The van der Waals surface area contributed by atoms with Crippen LogP contribution >= 0.6 is 23.2 Å². The fourth-order valence-corrected chi connectivity index (χ4v) is 2.54. The summed E-state index contributed by atoms with van der Waals surface area (Å²) in [6.07, 6.45) is 0. The molecule has 0 aromatic heterocycles. The van der Waals surface area contributed by atoms with Gasteiger partial charge in [0.2, 0.25) is 0 Å². The van der Waals surface area contributed by atoms with E-state index in [0.29, 0.717) is 34.4 Å². The summed E-state index contributed by atoms with van der Waals surface area (Å²) in [5.41, 5.74) is 6.74. The number of carbonyl (C=O) groups is 1. The van der Waals surface area contributed by atoms with Gasteiger partial charge < -0.3 is 15.4 Å². The number of ether oxygens (including phenoxy) is 1. The lowest BCUT2D eigenvalue weighted by Gasteiger charge is -2.23. The predicted molar refractivity (Wildman–Crippen MR) is 90.2 cm³/mol. The molecule has 0 fully saturated rings. The lowest BCUT2D eigenvalue weighted by atomic mass is 10.1. The summed E-state index contributed by atoms with van der Waals surface area (Å²) in [6, 6.07) is 12.0. The molecule has 2 rings (SSSR count). The molecule has 0 radical (unpaired) electrons. The van der Waals surface area contributed by atoms with Crippen molar-refractivity contribution in [2.75, 3.05) is 25.1 Å². The Morgan fingerprint density at radius 1 is 1.18 bits per heavy atom. The first-order chi connectivity index (χ1) is 10.6. The smallest absolute Gasteiger partial charge is 0.259 e. The zero-order valence-corrected chi connectivity index (χ0v) is 13.6. The van der Waals surface area contributed by atoms with Gasteiger partial charge in [0.15, 0.2) is 0 Å². The number of rotatable bonds is 5. The van der Waals surface area contributed by atoms with E-state index in [0.717, 1.165) is 5.69 Å². The molecule has 2 aromatic carbocycles. The van der Waals surface area contributed by atoms with Crippen molar-refractivity contribution in [3.8, 4) is 5.75 Å². The molecule has 0 aliphatic rings. The number of carbonyl (C=O) groups excluding carboxylic acids is 1. The largest absolute Gasteiger partial charge is 0.497 e. The van der Waals surface area contributed by atoms with Gasteiger partial charge in [0.1, 0.15) is 5.75 Å². The van der Waals surface area contributed by atoms with E-state index in [2.05, 4.69) is 0 Å². The van der Waals surface area contributed by atoms with Crippen LogP contribution in [-0.4, -0.2) is 26.1 Å². The first-order valence-electron chi connectivity index (χ1n) is 6.68. The minimum atomic E-state index is -0.225. The molecule has 0 saturated heterocycles. The number of halogens is 2. The summed E-state index contributed by atoms with van der Waals surface area (Å²) in [5.74, 6) is 0.491. The molecule has 0 spiro atoms. The Labute approximate surface area is 139 Å². The molecule has 1 amide bonds. The third-order valence-corrected chi connectivity index (χ3v) is 3.69. The number of amides is 1. The average Bonchev–Trinajstić information content (AvgIpc) is 2.52. The van der Waals surface area contributed by atoms with E-state index in [1.165, 1.54) is 0 Å². The molecule has 6 heteroatoms. The van der Waals surface area contributed by atoms with Crippen molar-refractivity contribution >= 4 is 34.8 Å². The first kappa shape index (κ1) is 16.6. The van der Waals surface area contributed by atoms with Gasteiger partial charge in [-0.15, -0.1) is 0 Å². The highest BCUT2D eigenvalue weighted by Gasteiger charge is 2.19. The summed E-state index contributed by atoms with van der Waals surface area (Å²) < 4.78 is 5.12. The van der Waals surface area contributed by atoms with E-state index < -0.39 is 0 Å². The van der Waals surface area contributed by atoms with Crippen LogP contribution in [0, 0.1) is 0 Å². The fraction of sp³-hybridized carbons (Fsp3) is 0.188. The lowest BCUT2D eigenvalue weighted by molar-refractivity contribution is 0.0987. The third-order valence-electron chi connectivity index (χ3n) is 3.14. The second kappa shape index (κ2) is 7.49. The SMILES string of the molecule is COc1ccc(N(CCN)C(=O)c2ccc(Cl)cc2Cl)cc1. The standard InChI is InChI=1S/C16H16Cl2N2O2/c1-22-13-5-3-12(4-6-13)20(9-8-19)16(21)14-7-2-11(17)10-15(14)18/h2-7,10H,8-9,19H2,1H3. The van der Waals surface area contributed by atoms with Gasteiger partial charge in [0, 0.05) is 23.8 Å². The first-order valence-corrected chi connectivity index (χ1v) is 7.43. The maximum atomic E-state index is 12.7. The minimum Gasteiger partial charge on any atom is -0.497 e. The van der Waals surface area contributed by atoms with Crippen molar-refractivity contribution in [3.63, 3.8) is 0 Å². The van der Waals surface area contributed by atoms with Crippen molar-refractivity contribution < 1.29 is 9.53 Å². The zero-order chi connectivity index (χ0) is 16.1. The summed E-state index contributed by atoms with van der Waals surface area (Å²) in [4.78, 5) is 14.3. The monoisotopic (exact) mass is 338 g/mol. The fourth-order valence-electron chi connectivity index (χ4n) is 2.05.